The predicted molar refractivity (Wildman–Crippen MR) is 91.0 cm³/mol. The maximum Gasteiger partial charge on any atom is 0.243 e. The minimum absolute atomic E-state index is 0.0255. The highest BCUT2D eigenvalue weighted by Gasteiger charge is 2.53. The van der Waals surface area contributed by atoms with Crippen LogP contribution in [0.1, 0.15) is 27.7 Å². The molecule has 0 unspecified atom stereocenters. The molecule has 1 aromatic rings. The van der Waals surface area contributed by atoms with E-state index >= 15 is 0 Å². The van der Waals surface area contributed by atoms with E-state index in [0.29, 0.717) is 11.6 Å². The first-order valence-corrected chi connectivity index (χ1v) is 7.71. The largest absolute Gasteiger partial charge is 0.347 e. The number of guanidine groups is 1. The number of amides is 1. The summed E-state index contributed by atoms with van der Waals surface area (Å²) in [5.74, 6) is 0.183. The molecule has 2 rings (SSSR count). The summed E-state index contributed by atoms with van der Waals surface area (Å²) >= 11 is 0. The number of aliphatic imine (C=N–C) groups is 1. The van der Waals surface area contributed by atoms with Gasteiger partial charge in [-0.1, -0.05) is 13.8 Å². The third kappa shape index (κ3) is 3.46. The summed E-state index contributed by atoms with van der Waals surface area (Å²) in [7, 11) is 1.71. The van der Waals surface area contributed by atoms with Crippen molar-refractivity contribution in [1.29, 1.82) is 0 Å². The van der Waals surface area contributed by atoms with Gasteiger partial charge in [0, 0.05) is 30.2 Å². The van der Waals surface area contributed by atoms with Gasteiger partial charge in [-0.2, -0.15) is 0 Å². The molecule has 6 heteroatoms. The van der Waals surface area contributed by atoms with Crippen molar-refractivity contribution in [3.05, 3.63) is 30.1 Å². The molecule has 1 heterocycles. The molecule has 1 amide bonds. The van der Waals surface area contributed by atoms with E-state index in [2.05, 4.69) is 48.2 Å². The van der Waals surface area contributed by atoms with Crippen LogP contribution in [0.2, 0.25) is 0 Å². The van der Waals surface area contributed by atoms with Gasteiger partial charge in [-0.15, -0.1) is 0 Å². The van der Waals surface area contributed by atoms with Gasteiger partial charge in [-0.3, -0.25) is 9.79 Å². The van der Waals surface area contributed by atoms with E-state index in [9.17, 15) is 9.18 Å². The zero-order chi connectivity index (χ0) is 17.3. The first-order chi connectivity index (χ1) is 10.7. The zero-order valence-electron chi connectivity index (χ0n) is 14.4. The lowest BCUT2D eigenvalue weighted by Crippen LogP contribution is -2.72. The highest BCUT2D eigenvalue weighted by molar-refractivity contribution is 5.95. The molecule has 126 valence electrons. The van der Waals surface area contributed by atoms with Gasteiger partial charge in [-0.05, 0) is 38.1 Å². The number of halogens is 1. The maximum absolute atomic E-state index is 12.8. The normalized spacial score (nSPS) is 19.0. The number of nitrogens with one attached hydrogen (secondary N) is 2. The molecule has 1 aliphatic heterocycles. The summed E-state index contributed by atoms with van der Waals surface area (Å²) in [4.78, 5) is 18.4. The van der Waals surface area contributed by atoms with E-state index in [1.165, 1.54) is 24.3 Å². The molecule has 23 heavy (non-hydrogen) atoms. The highest BCUT2D eigenvalue weighted by Crippen LogP contribution is 2.46. The number of hydrogen-bond donors (Lipinski definition) is 2. The lowest BCUT2D eigenvalue weighted by Gasteiger charge is -2.62. The van der Waals surface area contributed by atoms with Crippen LogP contribution in [0.25, 0.3) is 0 Å². The number of carbonyl (C=O) groups is 1. The molecule has 1 aliphatic rings. The van der Waals surface area contributed by atoms with E-state index in [0.717, 1.165) is 6.54 Å². The monoisotopic (exact) mass is 320 g/mol. The SMILES string of the molecule is CN=C(NCC(=O)Nc1ccc(F)cc1)N1CC(C)(C)C1(C)C. The van der Waals surface area contributed by atoms with E-state index in [1.54, 1.807) is 7.05 Å². The molecule has 0 bridgehead atoms. The topological polar surface area (TPSA) is 56.7 Å². The van der Waals surface area contributed by atoms with Crippen molar-refractivity contribution >= 4 is 17.6 Å². The smallest absolute Gasteiger partial charge is 0.243 e. The lowest BCUT2D eigenvalue weighted by atomic mass is 9.65. The number of anilines is 1. The van der Waals surface area contributed by atoms with Crippen LogP contribution in [0.5, 0.6) is 0 Å². The average Bonchev–Trinajstić information content (AvgIpc) is 2.49. The van der Waals surface area contributed by atoms with Crippen molar-refractivity contribution in [2.45, 2.75) is 33.2 Å². The molecule has 2 N–H and O–H groups in total. The molecule has 1 fully saturated rings. The molecule has 0 aromatic heterocycles. The fourth-order valence-electron chi connectivity index (χ4n) is 2.59. The first kappa shape index (κ1) is 17.2. The van der Waals surface area contributed by atoms with Crippen molar-refractivity contribution in [3.63, 3.8) is 0 Å². The summed E-state index contributed by atoms with van der Waals surface area (Å²) in [6.45, 7) is 9.77. The number of likely N-dealkylation sites (tertiary alicyclic amines) is 1. The van der Waals surface area contributed by atoms with Gasteiger partial charge < -0.3 is 15.5 Å². The second-order valence-corrected chi connectivity index (χ2v) is 6.98. The van der Waals surface area contributed by atoms with Crippen molar-refractivity contribution in [2.24, 2.45) is 10.4 Å². The zero-order valence-corrected chi connectivity index (χ0v) is 14.4. The van der Waals surface area contributed by atoms with Crippen LogP contribution in [0.3, 0.4) is 0 Å². The van der Waals surface area contributed by atoms with Crippen LogP contribution in [0.4, 0.5) is 10.1 Å². The summed E-state index contributed by atoms with van der Waals surface area (Å²) in [6, 6.07) is 5.69. The number of hydrogen-bond acceptors (Lipinski definition) is 2. The molecular weight excluding hydrogens is 295 g/mol. The van der Waals surface area contributed by atoms with Gasteiger partial charge >= 0.3 is 0 Å². The Morgan fingerprint density at radius 3 is 2.35 bits per heavy atom. The minimum atomic E-state index is -0.329. The predicted octanol–water partition coefficient (Wildman–Crippen LogP) is 2.46. The standard InChI is InChI=1S/C17H25FN4O/c1-16(2)11-22(17(16,3)4)15(19-5)20-10-14(23)21-13-8-6-12(18)7-9-13/h6-9H,10-11H2,1-5H3,(H,19,20)(H,21,23). The van der Waals surface area contributed by atoms with Crippen molar-refractivity contribution in [1.82, 2.24) is 10.2 Å². The molecule has 1 saturated heterocycles. The third-order valence-corrected chi connectivity index (χ3v) is 4.89. The lowest BCUT2D eigenvalue weighted by molar-refractivity contribution is -0.115. The van der Waals surface area contributed by atoms with Crippen molar-refractivity contribution in [2.75, 3.05) is 25.5 Å². The van der Waals surface area contributed by atoms with Crippen LogP contribution < -0.4 is 10.6 Å². The second kappa shape index (κ2) is 6.18. The van der Waals surface area contributed by atoms with Crippen molar-refractivity contribution in [3.8, 4) is 0 Å². The summed E-state index contributed by atoms with van der Waals surface area (Å²) < 4.78 is 12.8. The van der Waals surface area contributed by atoms with Crippen LogP contribution in [-0.4, -0.2) is 42.4 Å². The fraction of sp³-hybridized carbons (Fsp3) is 0.529. The Morgan fingerprint density at radius 1 is 1.26 bits per heavy atom. The summed E-state index contributed by atoms with van der Waals surface area (Å²) in [5, 5.41) is 5.80. The quantitative estimate of drug-likeness (QED) is 0.664. The van der Waals surface area contributed by atoms with Gasteiger partial charge in [0.2, 0.25) is 5.91 Å². The molecule has 0 saturated carbocycles. The molecule has 0 spiro atoms. The van der Waals surface area contributed by atoms with E-state index in [-0.39, 0.29) is 29.2 Å². The molecule has 1 aromatic carbocycles. The Hall–Kier alpha value is -2.11. The summed E-state index contributed by atoms with van der Waals surface area (Å²) in [5.41, 5.74) is 0.738. The molecule has 0 radical (unpaired) electrons. The Kier molecular flexibility index (Phi) is 4.63. The number of rotatable bonds is 3. The molecular formula is C17H25FN4O. The van der Waals surface area contributed by atoms with Gasteiger partial charge in [0.25, 0.3) is 0 Å². The first-order valence-electron chi connectivity index (χ1n) is 7.71. The van der Waals surface area contributed by atoms with Gasteiger partial charge in [0.05, 0.1) is 6.54 Å². The fourth-order valence-corrected chi connectivity index (χ4v) is 2.59. The average molecular weight is 320 g/mol. The van der Waals surface area contributed by atoms with Gasteiger partial charge in [0.1, 0.15) is 5.82 Å². The molecule has 0 atom stereocenters. The summed E-state index contributed by atoms with van der Waals surface area (Å²) in [6.07, 6.45) is 0. The van der Waals surface area contributed by atoms with Crippen LogP contribution in [0, 0.1) is 11.2 Å². The number of nitrogens with zero attached hydrogens (tertiary/aromatic N) is 2. The molecule has 5 nitrogen and oxygen atoms in total. The van der Waals surface area contributed by atoms with Crippen molar-refractivity contribution < 1.29 is 9.18 Å². The Balaban J connectivity index is 1.89. The van der Waals surface area contributed by atoms with Crippen LogP contribution >= 0.6 is 0 Å². The van der Waals surface area contributed by atoms with Crippen LogP contribution in [0.15, 0.2) is 29.3 Å². The maximum atomic E-state index is 12.8. The van der Waals surface area contributed by atoms with Gasteiger partial charge in [0.15, 0.2) is 5.96 Å². The van der Waals surface area contributed by atoms with E-state index < -0.39 is 0 Å². The Morgan fingerprint density at radius 2 is 1.87 bits per heavy atom. The molecule has 0 aliphatic carbocycles. The Labute approximate surface area is 137 Å². The third-order valence-electron chi connectivity index (χ3n) is 4.89. The van der Waals surface area contributed by atoms with E-state index in [1.807, 2.05) is 0 Å². The highest BCUT2D eigenvalue weighted by atomic mass is 19.1. The van der Waals surface area contributed by atoms with E-state index in [4.69, 9.17) is 0 Å². The van der Waals surface area contributed by atoms with Gasteiger partial charge in [-0.25, -0.2) is 4.39 Å². The number of benzene rings is 1. The van der Waals surface area contributed by atoms with Crippen LogP contribution in [-0.2, 0) is 4.79 Å². The second-order valence-electron chi connectivity index (χ2n) is 6.98. The minimum Gasteiger partial charge on any atom is -0.347 e. The Bertz CT molecular complexity index is 608. The number of carbonyl (C=O) groups excluding carboxylic acids is 1.